The second-order valence-electron chi connectivity index (χ2n) is 3.06. The summed E-state index contributed by atoms with van der Waals surface area (Å²) in [7, 11) is 2.01. The van der Waals surface area contributed by atoms with E-state index in [1.165, 1.54) is 11.9 Å². The third-order valence-electron chi connectivity index (χ3n) is 1.86. The van der Waals surface area contributed by atoms with Gasteiger partial charge in [-0.1, -0.05) is 6.58 Å². The van der Waals surface area contributed by atoms with Gasteiger partial charge in [-0.15, -0.1) is 6.92 Å². The Kier molecular flexibility index (Phi) is 11.2. The normalized spacial score (nSPS) is 11.0. The van der Waals surface area contributed by atoms with Gasteiger partial charge in [0.15, 0.2) is 0 Å². The molecule has 5 heteroatoms. The summed E-state index contributed by atoms with van der Waals surface area (Å²) in [5.74, 6) is 0.733. The molecule has 0 unspecified atom stereocenters. The SMILES string of the molecule is C=C/C(O)=C(/O)C=[C-]C.Cc1[nH]cc[n+]1C.[Y]. The Morgan fingerprint density at radius 2 is 2.06 bits per heavy atom. The monoisotopic (exact) mass is 311 g/mol. The van der Waals surface area contributed by atoms with Gasteiger partial charge in [0.25, 0.3) is 5.82 Å². The van der Waals surface area contributed by atoms with Gasteiger partial charge in [-0.3, -0.25) is 6.08 Å². The van der Waals surface area contributed by atoms with Crippen LogP contribution in [-0.2, 0) is 39.8 Å². The number of rotatable bonds is 2. The van der Waals surface area contributed by atoms with E-state index in [-0.39, 0.29) is 44.2 Å². The number of nitrogens with one attached hydrogen (secondary N) is 1. The number of aliphatic hydroxyl groups excluding tert-OH is 2. The molecule has 1 aromatic heterocycles. The first-order valence-electron chi connectivity index (χ1n) is 4.77. The summed E-state index contributed by atoms with van der Waals surface area (Å²) in [5.41, 5.74) is 0. The largest absolute Gasteiger partial charge is 0.589 e. The molecule has 1 rings (SSSR count). The predicted molar refractivity (Wildman–Crippen MR) is 62.7 cm³/mol. The fraction of sp³-hybridized carbons (Fsp3) is 0.250. The van der Waals surface area contributed by atoms with Crippen molar-refractivity contribution >= 4 is 0 Å². The predicted octanol–water partition coefficient (Wildman–Crippen LogP) is 2.02. The zero-order chi connectivity index (χ0) is 12.6. The standard InChI is InChI=1S/C7H9O2.C5H8N2.Y/c1-3-5-7(9)6(8)4-2;1-5-6-3-4-7(5)2;/h4-5,8-9H,2H2,1H3;3-4H,1-2H3;/q-1;;/p+1/b7-6-;;. The Balaban J connectivity index is 0. The van der Waals surface area contributed by atoms with Gasteiger partial charge in [-0.05, 0) is 6.08 Å². The van der Waals surface area contributed by atoms with E-state index in [2.05, 4.69) is 17.6 Å². The van der Waals surface area contributed by atoms with Crippen LogP contribution in [0, 0.1) is 13.0 Å². The molecule has 0 fully saturated rings. The van der Waals surface area contributed by atoms with Crippen molar-refractivity contribution < 1.29 is 47.5 Å². The molecule has 0 aliphatic heterocycles. The van der Waals surface area contributed by atoms with Gasteiger partial charge in [-0.2, -0.15) is 6.08 Å². The quantitative estimate of drug-likeness (QED) is 0.339. The summed E-state index contributed by atoms with van der Waals surface area (Å²) in [6, 6.07) is 0. The topological polar surface area (TPSA) is 60.1 Å². The minimum Gasteiger partial charge on any atom is -0.589 e. The molecule has 4 nitrogen and oxygen atoms in total. The second-order valence-corrected chi connectivity index (χ2v) is 3.06. The van der Waals surface area contributed by atoms with Crippen LogP contribution in [0.1, 0.15) is 12.7 Å². The molecule has 0 atom stereocenters. The summed E-state index contributed by atoms with van der Waals surface area (Å²) in [6.45, 7) is 6.89. The molecule has 0 saturated carbocycles. The van der Waals surface area contributed by atoms with Crippen molar-refractivity contribution in [2.45, 2.75) is 13.8 Å². The number of aryl methyl sites for hydroxylation is 2. The molecule has 91 valence electrons. The van der Waals surface area contributed by atoms with Crippen molar-refractivity contribution in [2.24, 2.45) is 7.05 Å². The number of H-pyrrole nitrogens is 1. The molecule has 0 amide bonds. The van der Waals surface area contributed by atoms with Gasteiger partial charge in [-0.25, -0.2) is 9.55 Å². The first-order chi connectivity index (χ1) is 7.52. The Morgan fingerprint density at radius 3 is 2.29 bits per heavy atom. The number of hydrogen-bond acceptors (Lipinski definition) is 2. The minimum atomic E-state index is -0.232. The number of aromatic nitrogens is 2. The molecule has 17 heavy (non-hydrogen) atoms. The van der Waals surface area contributed by atoms with E-state index in [4.69, 9.17) is 10.2 Å². The fourth-order valence-corrected chi connectivity index (χ4v) is 0.799. The molecule has 0 spiro atoms. The van der Waals surface area contributed by atoms with E-state index in [1.54, 1.807) is 6.92 Å². The summed E-state index contributed by atoms with van der Waals surface area (Å²) in [6.07, 6.45) is 8.85. The molecule has 3 N–H and O–H groups in total. The number of allylic oxidation sites excluding steroid dienone is 3. The Labute approximate surface area is 127 Å². The zero-order valence-electron chi connectivity index (χ0n) is 10.4. The molecule has 1 heterocycles. The van der Waals surface area contributed by atoms with Crippen LogP contribution < -0.4 is 4.57 Å². The first-order valence-corrected chi connectivity index (χ1v) is 4.77. The number of imidazole rings is 1. The average Bonchev–Trinajstić information content (AvgIpc) is 2.63. The first kappa shape index (κ1) is 18.5. The summed E-state index contributed by atoms with van der Waals surface area (Å²) >= 11 is 0. The fourth-order valence-electron chi connectivity index (χ4n) is 0.799. The number of aromatic amines is 1. The van der Waals surface area contributed by atoms with Gasteiger partial charge in [0.05, 0.1) is 12.8 Å². The van der Waals surface area contributed by atoms with Crippen LogP contribution in [0.4, 0.5) is 0 Å². The average molecular weight is 311 g/mol. The molecule has 0 aromatic carbocycles. The third-order valence-corrected chi connectivity index (χ3v) is 1.86. The van der Waals surface area contributed by atoms with Crippen molar-refractivity contribution in [2.75, 3.05) is 0 Å². The van der Waals surface area contributed by atoms with Gasteiger partial charge >= 0.3 is 0 Å². The third kappa shape index (κ3) is 7.94. The molecule has 1 radical (unpaired) electrons. The zero-order valence-corrected chi connectivity index (χ0v) is 13.3. The van der Waals surface area contributed by atoms with Crippen molar-refractivity contribution in [1.82, 2.24) is 4.98 Å². The summed E-state index contributed by atoms with van der Waals surface area (Å²) < 4.78 is 2.03. The molecule has 0 aliphatic carbocycles. The maximum Gasteiger partial charge on any atom is 0.250 e. The van der Waals surface area contributed by atoms with Crippen LogP contribution in [0.2, 0.25) is 0 Å². The van der Waals surface area contributed by atoms with E-state index < -0.39 is 0 Å². The van der Waals surface area contributed by atoms with Crippen molar-refractivity contribution in [3.63, 3.8) is 0 Å². The van der Waals surface area contributed by atoms with Crippen LogP contribution in [0.3, 0.4) is 0 Å². The maximum absolute atomic E-state index is 8.76. The van der Waals surface area contributed by atoms with Crippen molar-refractivity contribution in [3.05, 3.63) is 54.5 Å². The van der Waals surface area contributed by atoms with Crippen molar-refractivity contribution in [1.29, 1.82) is 0 Å². The van der Waals surface area contributed by atoms with Gasteiger partial charge in [0, 0.05) is 45.4 Å². The van der Waals surface area contributed by atoms with E-state index in [0.717, 1.165) is 6.08 Å². The van der Waals surface area contributed by atoms with E-state index >= 15 is 0 Å². The Morgan fingerprint density at radius 1 is 1.47 bits per heavy atom. The minimum absolute atomic E-state index is 0. The van der Waals surface area contributed by atoms with Crippen LogP contribution >= 0.6 is 0 Å². The molecule has 0 aliphatic rings. The van der Waals surface area contributed by atoms with Gasteiger partial charge in [0.2, 0.25) is 0 Å². The van der Waals surface area contributed by atoms with Crippen LogP contribution in [-0.4, -0.2) is 15.2 Å². The molecule has 0 bridgehead atoms. The van der Waals surface area contributed by atoms with Crippen molar-refractivity contribution in [3.8, 4) is 0 Å². The summed E-state index contributed by atoms with van der Waals surface area (Å²) in [4.78, 5) is 3.03. The second kappa shape index (κ2) is 10.3. The molecule has 1 aromatic rings. The van der Waals surface area contributed by atoms with E-state index in [9.17, 15) is 0 Å². The maximum atomic E-state index is 8.76. The molecule has 0 saturated heterocycles. The smallest absolute Gasteiger partial charge is 0.250 e. The number of nitrogens with zero attached hydrogens (tertiary/aromatic N) is 1. The Bertz CT molecular complexity index is 378. The van der Waals surface area contributed by atoms with Gasteiger partial charge in [0.1, 0.15) is 12.4 Å². The Hall–Kier alpha value is -0.866. The molecular weight excluding hydrogens is 293 g/mol. The van der Waals surface area contributed by atoms with Crippen LogP contribution in [0.5, 0.6) is 0 Å². The van der Waals surface area contributed by atoms with Gasteiger partial charge < -0.3 is 10.2 Å². The van der Waals surface area contributed by atoms with Crippen LogP contribution in [0.15, 0.2) is 42.6 Å². The van der Waals surface area contributed by atoms with Crippen LogP contribution in [0.25, 0.3) is 0 Å². The number of aliphatic hydroxyl groups is 2. The number of hydrogen-bond donors (Lipinski definition) is 3. The van der Waals surface area contributed by atoms with E-state index in [1.807, 2.05) is 30.9 Å². The molecular formula is C12H18N2O2Y. The van der Waals surface area contributed by atoms with E-state index in [0.29, 0.717) is 0 Å². The summed E-state index contributed by atoms with van der Waals surface area (Å²) in [5, 5.41) is 17.5.